The molecule has 33 heavy (non-hydrogen) atoms. The van der Waals surface area contributed by atoms with Gasteiger partial charge in [0.05, 0.1) is 19.8 Å². The molecule has 0 spiro atoms. The lowest BCUT2D eigenvalue weighted by atomic mass is 10.0. The standard InChI is InChI=1S/C24H27N3O6/c1-14(2)21(26-23(28)16-8-6-15(3)7-9-16)24(29)32-13-20-25-22(27-33-20)18-11-10-17(30-4)12-19(18)31-5/h6-12,14,21H,13H2,1-5H3,(H,26,28)/t21-/m0/s1. The number of esters is 1. The molecule has 174 valence electrons. The minimum absolute atomic E-state index is 0.114. The molecular weight excluding hydrogens is 426 g/mol. The molecule has 1 heterocycles. The predicted octanol–water partition coefficient (Wildman–Crippen LogP) is 3.56. The van der Waals surface area contributed by atoms with E-state index in [1.165, 1.54) is 7.11 Å². The summed E-state index contributed by atoms with van der Waals surface area (Å²) >= 11 is 0. The molecule has 0 saturated heterocycles. The second-order valence-electron chi connectivity index (χ2n) is 7.75. The third-order valence-electron chi connectivity index (χ3n) is 4.98. The highest BCUT2D eigenvalue weighted by molar-refractivity contribution is 5.96. The zero-order valence-electron chi connectivity index (χ0n) is 19.2. The summed E-state index contributed by atoms with van der Waals surface area (Å²) in [6.45, 7) is 5.35. The van der Waals surface area contributed by atoms with Gasteiger partial charge in [-0.25, -0.2) is 4.79 Å². The van der Waals surface area contributed by atoms with Crippen LogP contribution in [0.1, 0.15) is 35.7 Å². The van der Waals surface area contributed by atoms with E-state index in [0.29, 0.717) is 22.6 Å². The van der Waals surface area contributed by atoms with Crippen molar-refractivity contribution < 1.29 is 28.3 Å². The number of nitrogens with one attached hydrogen (secondary N) is 1. The third-order valence-corrected chi connectivity index (χ3v) is 4.98. The second kappa shape index (κ2) is 10.6. The van der Waals surface area contributed by atoms with Crippen LogP contribution in [0, 0.1) is 12.8 Å². The van der Waals surface area contributed by atoms with Crippen LogP contribution in [0.3, 0.4) is 0 Å². The van der Waals surface area contributed by atoms with E-state index in [1.54, 1.807) is 37.4 Å². The molecule has 1 aromatic heterocycles. The zero-order valence-corrected chi connectivity index (χ0v) is 19.2. The Morgan fingerprint density at radius 3 is 2.42 bits per heavy atom. The Hall–Kier alpha value is -3.88. The Morgan fingerprint density at radius 1 is 1.06 bits per heavy atom. The largest absolute Gasteiger partial charge is 0.497 e. The first-order valence-electron chi connectivity index (χ1n) is 10.4. The summed E-state index contributed by atoms with van der Waals surface area (Å²) in [7, 11) is 3.08. The number of rotatable bonds is 9. The molecule has 1 amide bonds. The quantitative estimate of drug-likeness (QED) is 0.490. The fourth-order valence-corrected chi connectivity index (χ4v) is 3.06. The molecule has 3 aromatic rings. The molecule has 0 unspecified atom stereocenters. The van der Waals surface area contributed by atoms with E-state index < -0.39 is 12.0 Å². The molecule has 0 saturated carbocycles. The van der Waals surface area contributed by atoms with E-state index in [1.807, 2.05) is 32.9 Å². The summed E-state index contributed by atoms with van der Waals surface area (Å²) < 4.78 is 21.1. The number of amides is 1. The summed E-state index contributed by atoms with van der Waals surface area (Å²) in [6, 6.07) is 11.5. The van der Waals surface area contributed by atoms with Crippen LogP contribution < -0.4 is 14.8 Å². The molecule has 1 atom stereocenters. The van der Waals surface area contributed by atoms with Gasteiger partial charge in [0.15, 0.2) is 6.61 Å². The van der Waals surface area contributed by atoms with Crippen molar-refractivity contribution >= 4 is 11.9 Å². The molecule has 0 aliphatic heterocycles. The average Bonchev–Trinajstić information content (AvgIpc) is 3.29. The van der Waals surface area contributed by atoms with Crippen LogP contribution in [0.25, 0.3) is 11.4 Å². The van der Waals surface area contributed by atoms with Crippen LogP contribution >= 0.6 is 0 Å². The molecule has 3 rings (SSSR count). The van der Waals surface area contributed by atoms with Crippen molar-refractivity contribution in [2.75, 3.05) is 14.2 Å². The molecule has 0 bridgehead atoms. The van der Waals surface area contributed by atoms with Crippen molar-refractivity contribution in [3.63, 3.8) is 0 Å². The van der Waals surface area contributed by atoms with Gasteiger partial charge in [-0.2, -0.15) is 4.98 Å². The third kappa shape index (κ3) is 5.88. The van der Waals surface area contributed by atoms with E-state index in [0.717, 1.165) is 5.56 Å². The van der Waals surface area contributed by atoms with Crippen molar-refractivity contribution in [2.45, 2.75) is 33.4 Å². The predicted molar refractivity (Wildman–Crippen MR) is 120 cm³/mol. The molecule has 9 heteroatoms. The lowest BCUT2D eigenvalue weighted by molar-refractivity contribution is -0.149. The number of hydrogen-bond donors (Lipinski definition) is 1. The van der Waals surface area contributed by atoms with E-state index in [-0.39, 0.29) is 30.1 Å². The SMILES string of the molecule is COc1ccc(-c2noc(COC(=O)[C@@H](NC(=O)c3ccc(C)cc3)C(C)C)n2)c(OC)c1. The molecule has 0 aliphatic rings. The number of nitrogens with zero attached hydrogens (tertiary/aromatic N) is 2. The Labute approximate surface area is 192 Å². The van der Waals surface area contributed by atoms with Crippen molar-refractivity contribution in [3.8, 4) is 22.9 Å². The van der Waals surface area contributed by atoms with Crippen LogP contribution in [-0.2, 0) is 16.1 Å². The smallest absolute Gasteiger partial charge is 0.329 e. The van der Waals surface area contributed by atoms with E-state index in [9.17, 15) is 9.59 Å². The maximum atomic E-state index is 12.7. The number of aromatic nitrogens is 2. The number of ether oxygens (including phenoxy) is 3. The number of carbonyl (C=O) groups excluding carboxylic acids is 2. The van der Waals surface area contributed by atoms with Gasteiger partial charge in [0.25, 0.3) is 11.8 Å². The topological polar surface area (TPSA) is 113 Å². The van der Waals surface area contributed by atoms with Gasteiger partial charge in [0, 0.05) is 11.6 Å². The maximum absolute atomic E-state index is 12.7. The number of hydrogen-bond acceptors (Lipinski definition) is 8. The van der Waals surface area contributed by atoms with Crippen LogP contribution in [0.4, 0.5) is 0 Å². The van der Waals surface area contributed by atoms with Crippen molar-refractivity contribution in [2.24, 2.45) is 5.92 Å². The van der Waals surface area contributed by atoms with Gasteiger partial charge < -0.3 is 24.1 Å². The van der Waals surface area contributed by atoms with E-state index in [4.69, 9.17) is 18.7 Å². The van der Waals surface area contributed by atoms with Gasteiger partial charge >= 0.3 is 5.97 Å². The Bertz CT molecular complexity index is 1110. The van der Waals surface area contributed by atoms with Crippen LogP contribution in [0.5, 0.6) is 11.5 Å². The molecule has 0 aliphatic carbocycles. The highest BCUT2D eigenvalue weighted by atomic mass is 16.6. The zero-order chi connectivity index (χ0) is 24.0. The molecule has 2 aromatic carbocycles. The van der Waals surface area contributed by atoms with Gasteiger partial charge in [-0.05, 0) is 37.1 Å². The summed E-state index contributed by atoms with van der Waals surface area (Å²) in [4.78, 5) is 29.5. The fraction of sp³-hybridized carbons (Fsp3) is 0.333. The molecule has 1 N–H and O–H groups in total. The Morgan fingerprint density at radius 2 is 1.79 bits per heavy atom. The highest BCUT2D eigenvalue weighted by Crippen LogP contribution is 2.31. The van der Waals surface area contributed by atoms with Crippen LogP contribution in [0.15, 0.2) is 47.0 Å². The summed E-state index contributed by atoms with van der Waals surface area (Å²) in [6.07, 6.45) is 0. The van der Waals surface area contributed by atoms with Crippen molar-refractivity contribution in [3.05, 3.63) is 59.5 Å². The van der Waals surface area contributed by atoms with Crippen LogP contribution in [0.2, 0.25) is 0 Å². The van der Waals surface area contributed by atoms with E-state index >= 15 is 0 Å². The maximum Gasteiger partial charge on any atom is 0.329 e. The summed E-state index contributed by atoms with van der Waals surface area (Å²) in [5.74, 6) is 0.411. The number of benzene rings is 2. The summed E-state index contributed by atoms with van der Waals surface area (Å²) in [5, 5.41) is 6.67. The Balaban J connectivity index is 1.65. The van der Waals surface area contributed by atoms with Crippen molar-refractivity contribution in [1.29, 1.82) is 0 Å². The summed E-state index contributed by atoms with van der Waals surface area (Å²) in [5.41, 5.74) is 2.11. The number of methoxy groups -OCH3 is 2. The Kier molecular flexibility index (Phi) is 7.66. The molecule has 0 radical (unpaired) electrons. The molecule has 0 fully saturated rings. The molecule has 9 nitrogen and oxygen atoms in total. The first-order chi connectivity index (χ1) is 15.8. The monoisotopic (exact) mass is 453 g/mol. The van der Waals surface area contributed by atoms with Crippen LogP contribution in [-0.4, -0.2) is 42.3 Å². The number of aryl methyl sites for hydroxylation is 1. The minimum atomic E-state index is -0.831. The van der Waals surface area contributed by atoms with Gasteiger partial charge in [-0.1, -0.05) is 36.7 Å². The van der Waals surface area contributed by atoms with E-state index in [2.05, 4.69) is 15.5 Å². The average molecular weight is 453 g/mol. The highest BCUT2D eigenvalue weighted by Gasteiger charge is 2.27. The first-order valence-corrected chi connectivity index (χ1v) is 10.4. The minimum Gasteiger partial charge on any atom is -0.497 e. The normalized spacial score (nSPS) is 11.7. The molecular formula is C24H27N3O6. The second-order valence-corrected chi connectivity index (χ2v) is 7.75. The number of carbonyl (C=O) groups is 2. The van der Waals surface area contributed by atoms with Gasteiger partial charge in [-0.3, -0.25) is 4.79 Å². The lowest BCUT2D eigenvalue weighted by Crippen LogP contribution is -2.45. The van der Waals surface area contributed by atoms with Gasteiger partial charge in [-0.15, -0.1) is 0 Å². The van der Waals surface area contributed by atoms with Crippen molar-refractivity contribution in [1.82, 2.24) is 15.5 Å². The fourth-order valence-electron chi connectivity index (χ4n) is 3.06. The van der Waals surface area contributed by atoms with Gasteiger partial charge in [0.1, 0.15) is 17.5 Å². The first kappa shape index (κ1) is 23.8. The van der Waals surface area contributed by atoms with Gasteiger partial charge in [0.2, 0.25) is 5.82 Å². The lowest BCUT2D eigenvalue weighted by Gasteiger charge is -2.20.